The first-order chi connectivity index (χ1) is 10.3. The van der Waals surface area contributed by atoms with Crippen LogP contribution in [-0.4, -0.2) is 15.5 Å². The van der Waals surface area contributed by atoms with Gasteiger partial charge in [0.1, 0.15) is 6.54 Å². The van der Waals surface area contributed by atoms with E-state index in [1.54, 1.807) is 6.33 Å². The zero-order valence-corrected chi connectivity index (χ0v) is 11.5. The molecule has 0 saturated heterocycles. The van der Waals surface area contributed by atoms with Gasteiger partial charge in [-0.3, -0.25) is 4.79 Å². The molecule has 5 heteroatoms. The van der Waals surface area contributed by atoms with Crippen molar-refractivity contribution in [3.63, 3.8) is 0 Å². The average Bonchev–Trinajstić information content (AvgIpc) is 2.91. The summed E-state index contributed by atoms with van der Waals surface area (Å²) < 4.78 is 1.83. The molecule has 0 unspecified atom stereocenters. The molecular weight excluding hydrogens is 264 g/mol. The van der Waals surface area contributed by atoms with Gasteiger partial charge >= 0.3 is 0 Å². The summed E-state index contributed by atoms with van der Waals surface area (Å²) in [5, 5.41) is 2.88. The van der Waals surface area contributed by atoms with Gasteiger partial charge in [-0.15, -0.1) is 0 Å². The molecule has 21 heavy (non-hydrogen) atoms. The van der Waals surface area contributed by atoms with Gasteiger partial charge in [-0.25, -0.2) is 4.98 Å². The fourth-order valence-corrected chi connectivity index (χ4v) is 2.27. The third-order valence-electron chi connectivity index (χ3n) is 3.29. The van der Waals surface area contributed by atoms with Crippen LogP contribution in [0.1, 0.15) is 5.56 Å². The number of nitrogens with one attached hydrogen (secondary N) is 1. The van der Waals surface area contributed by atoms with Crippen molar-refractivity contribution < 1.29 is 4.79 Å². The smallest absolute Gasteiger partial charge is 0.244 e. The largest absolute Gasteiger partial charge is 0.326 e. The number of hydrogen-bond donors (Lipinski definition) is 2. The number of amides is 1. The molecule has 0 radical (unpaired) electrons. The molecule has 1 heterocycles. The van der Waals surface area contributed by atoms with Gasteiger partial charge in [0.2, 0.25) is 5.91 Å². The number of nitrogens with two attached hydrogens (primary N) is 1. The molecule has 1 aromatic heterocycles. The van der Waals surface area contributed by atoms with E-state index in [1.807, 2.05) is 53.1 Å². The number of aromatic nitrogens is 2. The average molecular weight is 280 g/mol. The highest BCUT2D eigenvalue weighted by atomic mass is 16.1. The quantitative estimate of drug-likeness (QED) is 0.769. The fraction of sp³-hybridized carbons (Fsp3) is 0.125. The molecule has 0 saturated carbocycles. The summed E-state index contributed by atoms with van der Waals surface area (Å²) in [4.78, 5) is 16.4. The summed E-state index contributed by atoms with van der Waals surface area (Å²) in [5.74, 6) is -0.0904. The molecular formula is C16H16N4O. The van der Waals surface area contributed by atoms with Crippen LogP contribution in [0.15, 0.2) is 54.9 Å². The maximum absolute atomic E-state index is 12.1. The minimum atomic E-state index is -0.0904. The van der Waals surface area contributed by atoms with Crippen LogP contribution in [0.5, 0.6) is 0 Å². The van der Waals surface area contributed by atoms with Crippen molar-refractivity contribution in [3.05, 3.63) is 60.4 Å². The van der Waals surface area contributed by atoms with Crippen molar-refractivity contribution in [1.82, 2.24) is 9.55 Å². The Labute approximate surface area is 122 Å². The van der Waals surface area contributed by atoms with Crippen LogP contribution in [0, 0.1) is 0 Å². The van der Waals surface area contributed by atoms with Crippen LogP contribution in [0.25, 0.3) is 11.0 Å². The Morgan fingerprint density at radius 3 is 2.90 bits per heavy atom. The maximum atomic E-state index is 12.1. The number of hydrogen-bond acceptors (Lipinski definition) is 3. The zero-order chi connectivity index (χ0) is 14.7. The predicted molar refractivity (Wildman–Crippen MR) is 82.7 cm³/mol. The van der Waals surface area contributed by atoms with E-state index in [0.29, 0.717) is 6.54 Å². The fourth-order valence-electron chi connectivity index (χ4n) is 2.27. The Hall–Kier alpha value is -2.66. The van der Waals surface area contributed by atoms with Crippen LogP contribution in [-0.2, 0) is 17.9 Å². The first kappa shape index (κ1) is 13.3. The molecule has 0 atom stereocenters. The monoisotopic (exact) mass is 280 g/mol. The molecule has 5 nitrogen and oxygen atoms in total. The number of rotatable bonds is 4. The number of fused-ring (bicyclic) bond motifs is 1. The molecule has 3 N–H and O–H groups in total. The molecule has 3 aromatic rings. The number of para-hydroxylation sites is 2. The van der Waals surface area contributed by atoms with Crippen LogP contribution < -0.4 is 11.1 Å². The molecule has 0 spiro atoms. The van der Waals surface area contributed by atoms with E-state index in [4.69, 9.17) is 5.73 Å². The summed E-state index contributed by atoms with van der Waals surface area (Å²) >= 11 is 0. The molecule has 1 amide bonds. The van der Waals surface area contributed by atoms with Gasteiger partial charge in [-0.05, 0) is 29.8 Å². The van der Waals surface area contributed by atoms with E-state index in [2.05, 4.69) is 10.3 Å². The second-order valence-electron chi connectivity index (χ2n) is 4.81. The zero-order valence-electron chi connectivity index (χ0n) is 11.5. The number of benzene rings is 2. The first-order valence-corrected chi connectivity index (χ1v) is 6.75. The van der Waals surface area contributed by atoms with Crippen molar-refractivity contribution in [1.29, 1.82) is 0 Å². The van der Waals surface area contributed by atoms with Gasteiger partial charge < -0.3 is 15.6 Å². The van der Waals surface area contributed by atoms with Crippen LogP contribution in [0.4, 0.5) is 5.69 Å². The summed E-state index contributed by atoms with van der Waals surface area (Å²) in [6.45, 7) is 0.684. The van der Waals surface area contributed by atoms with Crippen LogP contribution in [0.2, 0.25) is 0 Å². The number of imidazole rings is 1. The number of anilines is 1. The number of carbonyl (C=O) groups excluding carboxylic acids is 1. The van der Waals surface area contributed by atoms with E-state index >= 15 is 0 Å². The van der Waals surface area contributed by atoms with E-state index in [1.165, 1.54) is 0 Å². The van der Waals surface area contributed by atoms with E-state index in [-0.39, 0.29) is 12.5 Å². The SMILES string of the molecule is NCc1cccc(NC(=O)Cn2cnc3ccccc32)c1. The van der Waals surface area contributed by atoms with Gasteiger partial charge in [-0.2, -0.15) is 0 Å². The van der Waals surface area contributed by atoms with Gasteiger partial charge in [0.15, 0.2) is 0 Å². The highest BCUT2D eigenvalue weighted by molar-refractivity contribution is 5.91. The minimum Gasteiger partial charge on any atom is -0.326 e. The Morgan fingerprint density at radius 2 is 2.05 bits per heavy atom. The topological polar surface area (TPSA) is 72.9 Å². The summed E-state index contributed by atoms with van der Waals surface area (Å²) in [5.41, 5.74) is 9.17. The van der Waals surface area contributed by atoms with Crippen LogP contribution >= 0.6 is 0 Å². The molecule has 0 aliphatic heterocycles. The van der Waals surface area contributed by atoms with Crippen molar-refractivity contribution in [2.24, 2.45) is 5.73 Å². The lowest BCUT2D eigenvalue weighted by Crippen LogP contribution is -2.18. The normalized spacial score (nSPS) is 10.7. The lowest BCUT2D eigenvalue weighted by atomic mass is 10.2. The third-order valence-corrected chi connectivity index (χ3v) is 3.29. The molecule has 2 aromatic carbocycles. The lowest BCUT2D eigenvalue weighted by Gasteiger charge is -2.08. The number of nitrogens with zero attached hydrogens (tertiary/aromatic N) is 2. The van der Waals surface area contributed by atoms with Gasteiger partial charge in [0, 0.05) is 12.2 Å². The third kappa shape index (κ3) is 2.93. The van der Waals surface area contributed by atoms with Crippen molar-refractivity contribution >= 4 is 22.6 Å². The van der Waals surface area contributed by atoms with Gasteiger partial charge in [0.05, 0.1) is 17.4 Å². The van der Waals surface area contributed by atoms with Crippen molar-refractivity contribution in [2.75, 3.05) is 5.32 Å². The van der Waals surface area contributed by atoms with Gasteiger partial charge in [-0.1, -0.05) is 24.3 Å². The molecule has 106 valence electrons. The second-order valence-corrected chi connectivity index (χ2v) is 4.81. The van der Waals surface area contributed by atoms with E-state index < -0.39 is 0 Å². The van der Waals surface area contributed by atoms with Crippen molar-refractivity contribution in [3.8, 4) is 0 Å². The lowest BCUT2D eigenvalue weighted by molar-refractivity contribution is -0.116. The summed E-state index contributed by atoms with van der Waals surface area (Å²) in [6, 6.07) is 15.3. The highest BCUT2D eigenvalue weighted by Gasteiger charge is 2.07. The number of carbonyl (C=O) groups is 1. The predicted octanol–water partition coefficient (Wildman–Crippen LogP) is 2.13. The maximum Gasteiger partial charge on any atom is 0.244 e. The molecule has 0 fully saturated rings. The molecule has 0 bridgehead atoms. The van der Waals surface area contributed by atoms with Gasteiger partial charge in [0.25, 0.3) is 0 Å². The van der Waals surface area contributed by atoms with E-state index in [0.717, 1.165) is 22.3 Å². The Balaban J connectivity index is 1.74. The molecule has 0 aliphatic carbocycles. The second kappa shape index (κ2) is 5.76. The van der Waals surface area contributed by atoms with Crippen LogP contribution in [0.3, 0.4) is 0 Å². The standard InChI is InChI=1S/C16H16N4O/c17-9-12-4-3-5-13(8-12)19-16(21)10-20-11-18-14-6-1-2-7-15(14)20/h1-8,11H,9-10,17H2,(H,19,21). The highest BCUT2D eigenvalue weighted by Crippen LogP contribution is 2.13. The van der Waals surface area contributed by atoms with E-state index in [9.17, 15) is 4.79 Å². The minimum absolute atomic E-state index is 0.0904. The molecule has 3 rings (SSSR count). The summed E-state index contributed by atoms with van der Waals surface area (Å²) in [7, 11) is 0. The molecule has 0 aliphatic rings. The Bertz CT molecular complexity index is 779. The first-order valence-electron chi connectivity index (χ1n) is 6.75. The van der Waals surface area contributed by atoms with Crippen molar-refractivity contribution in [2.45, 2.75) is 13.1 Å². The Kier molecular flexibility index (Phi) is 3.66. The Morgan fingerprint density at radius 1 is 1.19 bits per heavy atom. The summed E-state index contributed by atoms with van der Waals surface area (Å²) in [6.07, 6.45) is 1.68.